The Balaban J connectivity index is 0.00000118. The molecule has 5 rings (SSSR count). The molecule has 5 N–H and O–H groups in total. The van der Waals surface area contributed by atoms with E-state index in [1.807, 2.05) is 6.07 Å². The van der Waals surface area contributed by atoms with Gasteiger partial charge in [-0.15, -0.1) is 0 Å². The summed E-state index contributed by atoms with van der Waals surface area (Å²) in [7, 11) is 1.74. The Hall–Kier alpha value is -3.36. The molecule has 4 aromatic rings. The third-order valence-corrected chi connectivity index (χ3v) is 7.60. The van der Waals surface area contributed by atoms with E-state index in [0.29, 0.717) is 6.54 Å². The summed E-state index contributed by atoms with van der Waals surface area (Å²) >= 11 is 0. The second kappa shape index (κ2) is 14.9. The second-order valence-electron chi connectivity index (χ2n) is 10.6. The van der Waals surface area contributed by atoms with Gasteiger partial charge >= 0.3 is 0 Å². The van der Waals surface area contributed by atoms with E-state index in [1.165, 1.54) is 37.7 Å². The van der Waals surface area contributed by atoms with E-state index in [2.05, 4.69) is 68.5 Å². The lowest BCUT2D eigenvalue weighted by molar-refractivity contribution is 0.318. The lowest BCUT2D eigenvalue weighted by Crippen LogP contribution is -2.24. The fraction of sp³-hybridized carbons (Fsp3) is 0.500. The number of hydrogen-bond acceptors (Lipinski definition) is 7. The third-order valence-electron chi connectivity index (χ3n) is 7.60. The second-order valence-corrected chi connectivity index (χ2v) is 10.6. The molecule has 2 heterocycles. The van der Waals surface area contributed by atoms with Crippen LogP contribution in [0.3, 0.4) is 0 Å². The monoisotopic (exact) mass is 546 g/mol. The first-order valence-corrected chi connectivity index (χ1v) is 14.8. The van der Waals surface area contributed by atoms with Gasteiger partial charge in [0.25, 0.3) is 0 Å². The molecular formula is C32H46N6O2. The number of aromatic nitrogens is 3. The number of nitrogens with two attached hydrogens (primary N) is 1. The number of aliphatic hydroxyl groups excluding tert-OH is 1. The minimum Gasteiger partial charge on any atom is -0.496 e. The Labute approximate surface area is 238 Å². The highest BCUT2D eigenvalue weighted by atomic mass is 16.5. The molecule has 40 heavy (non-hydrogen) atoms. The van der Waals surface area contributed by atoms with E-state index in [-0.39, 0.29) is 12.6 Å². The molecule has 2 aromatic heterocycles. The van der Waals surface area contributed by atoms with Crippen LogP contribution in [-0.2, 0) is 13.1 Å². The van der Waals surface area contributed by atoms with Crippen LogP contribution in [0.5, 0.6) is 5.75 Å². The fourth-order valence-corrected chi connectivity index (χ4v) is 5.66. The summed E-state index contributed by atoms with van der Waals surface area (Å²) in [6.07, 6.45) is 9.04. The van der Waals surface area contributed by atoms with Crippen LogP contribution >= 0.6 is 0 Å². The van der Waals surface area contributed by atoms with Crippen molar-refractivity contribution in [2.45, 2.75) is 71.9 Å². The highest BCUT2D eigenvalue weighted by Crippen LogP contribution is 2.34. The molecule has 0 unspecified atom stereocenters. The molecule has 2 aromatic carbocycles. The minimum atomic E-state index is 0.250. The van der Waals surface area contributed by atoms with Crippen molar-refractivity contribution in [1.29, 1.82) is 0 Å². The van der Waals surface area contributed by atoms with Crippen LogP contribution in [0.1, 0.15) is 69.9 Å². The average Bonchev–Trinajstić information content (AvgIpc) is 3.27. The first kappa shape index (κ1) is 29.6. The van der Waals surface area contributed by atoms with Gasteiger partial charge in [0.05, 0.1) is 19.2 Å². The Morgan fingerprint density at radius 2 is 1.85 bits per heavy atom. The molecule has 8 nitrogen and oxygen atoms in total. The summed E-state index contributed by atoms with van der Waals surface area (Å²) in [6.45, 7) is 7.57. The number of nitrogens with zero attached hydrogens (tertiary/aromatic N) is 3. The number of ether oxygens (including phenoxy) is 1. The number of anilines is 2. The van der Waals surface area contributed by atoms with Crippen molar-refractivity contribution in [3.05, 3.63) is 53.6 Å². The number of aliphatic hydroxyl groups is 1. The molecule has 0 spiro atoms. The third kappa shape index (κ3) is 7.23. The topological polar surface area (TPSA) is 110 Å². The van der Waals surface area contributed by atoms with Gasteiger partial charge in [-0.2, -0.15) is 4.98 Å². The normalized spacial score (nSPS) is 13.8. The van der Waals surface area contributed by atoms with E-state index in [9.17, 15) is 0 Å². The Morgan fingerprint density at radius 1 is 1.07 bits per heavy atom. The smallest absolute Gasteiger partial charge is 0.222 e. The number of rotatable bonds is 11. The van der Waals surface area contributed by atoms with Crippen LogP contribution < -0.4 is 21.1 Å². The molecule has 1 aliphatic rings. The quantitative estimate of drug-likeness (QED) is 0.168. The SMILES string of the molecule is CCCCNc1nc(N)nc2c3ccccc3n(Cc3cc(CNCC4CCCCC4)ccc3OC)c12.CCO. The van der Waals surface area contributed by atoms with Crippen LogP contribution in [0.2, 0.25) is 0 Å². The largest absolute Gasteiger partial charge is 0.496 e. The highest BCUT2D eigenvalue weighted by molar-refractivity contribution is 6.09. The number of unbranched alkanes of at least 4 members (excludes halogenated alkanes) is 1. The number of nitrogen functional groups attached to an aromatic ring is 1. The van der Waals surface area contributed by atoms with Crippen LogP contribution in [0, 0.1) is 5.92 Å². The molecule has 0 aliphatic heterocycles. The molecule has 1 saturated carbocycles. The first-order chi connectivity index (χ1) is 19.6. The molecule has 0 atom stereocenters. The number of methoxy groups -OCH3 is 1. The van der Waals surface area contributed by atoms with E-state index in [0.717, 1.165) is 77.5 Å². The average molecular weight is 547 g/mol. The minimum absolute atomic E-state index is 0.250. The van der Waals surface area contributed by atoms with Crippen molar-refractivity contribution >= 4 is 33.7 Å². The molecule has 1 fully saturated rings. The predicted molar refractivity (Wildman–Crippen MR) is 166 cm³/mol. The van der Waals surface area contributed by atoms with Gasteiger partial charge in [-0.25, -0.2) is 4.98 Å². The number of nitrogens with one attached hydrogen (secondary N) is 2. The van der Waals surface area contributed by atoms with Crippen molar-refractivity contribution in [1.82, 2.24) is 19.9 Å². The molecule has 0 amide bonds. The van der Waals surface area contributed by atoms with E-state index >= 15 is 0 Å². The van der Waals surface area contributed by atoms with Gasteiger partial charge in [0.1, 0.15) is 16.8 Å². The molecule has 216 valence electrons. The predicted octanol–water partition coefficient (Wildman–Crippen LogP) is 6.10. The van der Waals surface area contributed by atoms with Crippen molar-refractivity contribution < 1.29 is 9.84 Å². The van der Waals surface area contributed by atoms with Crippen molar-refractivity contribution in [2.24, 2.45) is 5.92 Å². The summed E-state index contributed by atoms with van der Waals surface area (Å²) < 4.78 is 8.10. The van der Waals surface area contributed by atoms with Gasteiger partial charge in [-0.05, 0) is 62.4 Å². The summed E-state index contributed by atoms with van der Waals surface area (Å²) in [5, 5.41) is 15.9. The fourth-order valence-electron chi connectivity index (χ4n) is 5.66. The maximum Gasteiger partial charge on any atom is 0.222 e. The molecule has 0 bridgehead atoms. The number of para-hydroxylation sites is 1. The maximum absolute atomic E-state index is 7.57. The van der Waals surface area contributed by atoms with E-state index in [4.69, 9.17) is 15.6 Å². The Morgan fingerprint density at radius 3 is 2.60 bits per heavy atom. The van der Waals surface area contributed by atoms with E-state index < -0.39 is 0 Å². The lowest BCUT2D eigenvalue weighted by Gasteiger charge is -2.22. The maximum atomic E-state index is 7.57. The molecule has 8 heteroatoms. The van der Waals surface area contributed by atoms with Crippen molar-refractivity contribution in [3.63, 3.8) is 0 Å². The number of hydrogen-bond donors (Lipinski definition) is 4. The lowest BCUT2D eigenvalue weighted by atomic mass is 9.89. The van der Waals surface area contributed by atoms with Gasteiger partial charge in [0.2, 0.25) is 5.95 Å². The Kier molecular flexibility index (Phi) is 11.0. The number of benzene rings is 2. The van der Waals surface area contributed by atoms with Gasteiger partial charge < -0.3 is 30.8 Å². The zero-order valence-corrected chi connectivity index (χ0v) is 24.4. The van der Waals surface area contributed by atoms with Gasteiger partial charge in [-0.3, -0.25) is 0 Å². The van der Waals surface area contributed by atoms with Crippen LogP contribution in [0.15, 0.2) is 42.5 Å². The summed E-state index contributed by atoms with van der Waals surface area (Å²) in [6, 6.07) is 14.9. The zero-order chi connectivity index (χ0) is 28.3. The summed E-state index contributed by atoms with van der Waals surface area (Å²) in [5.41, 5.74) is 11.5. The Bertz CT molecular complexity index is 1360. The highest BCUT2D eigenvalue weighted by Gasteiger charge is 2.19. The van der Waals surface area contributed by atoms with Crippen LogP contribution in [0.25, 0.3) is 21.9 Å². The van der Waals surface area contributed by atoms with Crippen molar-refractivity contribution in [3.8, 4) is 5.75 Å². The van der Waals surface area contributed by atoms with Crippen LogP contribution in [-0.4, -0.2) is 46.4 Å². The first-order valence-electron chi connectivity index (χ1n) is 14.8. The van der Waals surface area contributed by atoms with Gasteiger partial charge in [0.15, 0.2) is 5.82 Å². The van der Waals surface area contributed by atoms with Crippen LogP contribution in [0.4, 0.5) is 11.8 Å². The van der Waals surface area contributed by atoms with Crippen molar-refractivity contribution in [2.75, 3.05) is 37.9 Å². The molecule has 0 radical (unpaired) electrons. The van der Waals surface area contributed by atoms with E-state index in [1.54, 1.807) is 14.0 Å². The standard InChI is InChI=1S/C30H40N6O.C2H6O/c1-3-4-16-33-29-28-27(34-30(31)35-29)24-12-8-9-13-25(24)36(28)20-23-17-22(14-15-26(23)37-2)19-32-18-21-10-6-5-7-11-21;1-2-3/h8-9,12-15,17,21,32H,3-7,10-11,16,18-20H2,1-2H3,(H3,31,33,34,35);3H,2H2,1H3. The van der Waals surface area contributed by atoms with Gasteiger partial charge in [0, 0.05) is 30.6 Å². The number of fused-ring (bicyclic) bond motifs is 3. The van der Waals surface area contributed by atoms with Gasteiger partial charge in [-0.1, -0.05) is 56.9 Å². The summed E-state index contributed by atoms with van der Waals surface area (Å²) in [4.78, 5) is 9.27. The summed E-state index contributed by atoms with van der Waals surface area (Å²) in [5.74, 6) is 2.78. The zero-order valence-electron chi connectivity index (χ0n) is 24.4. The molecule has 0 saturated heterocycles. The molecular weight excluding hydrogens is 500 g/mol. The molecule has 1 aliphatic carbocycles.